The van der Waals surface area contributed by atoms with Crippen LogP contribution in [0.4, 0.5) is 9.52 Å². The van der Waals surface area contributed by atoms with Gasteiger partial charge < -0.3 is 13.9 Å². The lowest BCUT2D eigenvalue weighted by atomic mass is 10.3. The number of oxazole rings is 1. The Morgan fingerprint density at radius 2 is 1.82 bits per heavy atom. The van der Waals surface area contributed by atoms with Crippen LogP contribution in [0, 0.1) is 5.82 Å². The van der Waals surface area contributed by atoms with Crippen LogP contribution in [0.15, 0.2) is 65.1 Å². The minimum atomic E-state index is -0.790. The van der Waals surface area contributed by atoms with E-state index < -0.39 is 6.10 Å². The first-order valence-electron chi connectivity index (χ1n) is 9.80. The monoisotopic (exact) mass is 483 g/mol. The molecular formula is C23H15ClFN3O4S. The number of hydrogen-bond donors (Lipinski definition) is 1. The molecule has 0 saturated carbocycles. The van der Waals surface area contributed by atoms with Gasteiger partial charge >= 0.3 is 6.08 Å². The second kappa shape index (κ2) is 8.68. The molecule has 0 aliphatic carbocycles. The molecule has 0 aliphatic heterocycles. The van der Waals surface area contributed by atoms with E-state index in [1.165, 1.54) is 23.5 Å². The van der Waals surface area contributed by atoms with Crippen molar-refractivity contribution >= 4 is 55.3 Å². The molecule has 1 atom stereocenters. The molecule has 166 valence electrons. The fourth-order valence-corrected chi connectivity index (χ4v) is 4.08. The Bertz CT molecular complexity index is 1470. The first-order valence-corrected chi connectivity index (χ1v) is 11.0. The summed E-state index contributed by atoms with van der Waals surface area (Å²) in [6.45, 7) is 1.62. The Balaban J connectivity index is 1.20. The van der Waals surface area contributed by atoms with Gasteiger partial charge in [0.2, 0.25) is 0 Å². The van der Waals surface area contributed by atoms with Crippen LogP contribution >= 0.6 is 22.9 Å². The van der Waals surface area contributed by atoms with Gasteiger partial charge in [-0.15, -0.1) is 0 Å². The summed E-state index contributed by atoms with van der Waals surface area (Å²) in [6, 6.07) is 16.1. The van der Waals surface area contributed by atoms with Crippen LogP contribution in [0.3, 0.4) is 0 Å². The van der Waals surface area contributed by atoms with E-state index in [1.807, 2.05) is 0 Å². The Morgan fingerprint density at radius 3 is 2.64 bits per heavy atom. The number of rotatable bonds is 6. The largest absolute Gasteiger partial charge is 0.481 e. The highest BCUT2D eigenvalue weighted by Gasteiger charge is 2.17. The molecule has 0 bridgehead atoms. The summed E-state index contributed by atoms with van der Waals surface area (Å²) in [5.74, 6) is 0.230. The Kier molecular flexibility index (Phi) is 5.57. The molecule has 5 aromatic rings. The fourth-order valence-electron chi connectivity index (χ4n) is 3.02. The summed E-state index contributed by atoms with van der Waals surface area (Å²) in [4.78, 5) is 21.0. The smallest absolute Gasteiger partial charge is 0.400 e. The van der Waals surface area contributed by atoms with Crippen LogP contribution < -0.4 is 14.8 Å². The molecule has 1 N–H and O–H groups in total. The number of aromatic nitrogens is 2. The van der Waals surface area contributed by atoms with Crippen molar-refractivity contribution in [2.24, 2.45) is 0 Å². The van der Waals surface area contributed by atoms with Crippen LogP contribution in [0.25, 0.3) is 21.3 Å². The molecule has 2 aromatic heterocycles. The summed E-state index contributed by atoms with van der Waals surface area (Å²) in [6.07, 6.45) is -0.702. The summed E-state index contributed by atoms with van der Waals surface area (Å²) in [5.41, 5.74) is 1.77. The maximum absolute atomic E-state index is 13.3. The van der Waals surface area contributed by atoms with Crippen molar-refractivity contribution in [3.63, 3.8) is 0 Å². The normalized spacial score (nSPS) is 12.1. The van der Waals surface area contributed by atoms with E-state index in [0.717, 1.165) is 0 Å². The third-order valence-corrected chi connectivity index (χ3v) is 5.79. The van der Waals surface area contributed by atoms with Crippen LogP contribution in [0.2, 0.25) is 5.02 Å². The van der Waals surface area contributed by atoms with Gasteiger partial charge in [-0.25, -0.2) is 9.37 Å². The quantitative estimate of drug-likeness (QED) is 0.299. The molecule has 2 heterocycles. The molecule has 0 spiro atoms. The summed E-state index contributed by atoms with van der Waals surface area (Å²) in [5, 5.41) is 3.62. The predicted molar refractivity (Wildman–Crippen MR) is 124 cm³/mol. The zero-order valence-corrected chi connectivity index (χ0v) is 18.6. The maximum Gasteiger partial charge on any atom is 0.400 e. The number of hydrogen-bond acceptors (Lipinski definition) is 7. The minimum absolute atomic E-state index is 0.0874. The van der Waals surface area contributed by atoms with Crippen LogP contribution in [-0.2, 0) is 4.79 Å². The fraction of sp³-hybridized carbons (Fsp3) is 0.0870. The molecule has 3 aromatic carbocycles. The van der Waals surface area contributed by atoms with E-state index in [9.17, 15) is 9.18 Å². The number of benzene rings is 3. The van der Waals surface area contributed by atoms with Crippen molar-refractivity contribution in [1.29, 1.82) is 0 Å². The van der Waals surface area contributed by atoms with Gasteiger partial charge in [-0.1, -0.05) is 22.9 Å². The van der Waals surface area contributed by atoms with Crippen molar-refractivity contribution < 1.29 is 23.1 Å². The second-order valence-electron chi connectivity index (χ2n) is 7.05. The number of halogens is 2. The number of thiazole rings is 1. The first-order chi connectivity index (χ1) is 15.9. The Hall–Kier alpha value is -3.69. The minimum Gasteiger partial charge on any atom is -0.481 e. The van der Waals surface area contributed by atoms with E-state index in [0.29, 0.717) is 43.0 Å². The van der Waals surface area contributed by atoms with Gasteiger partial charge in [0, 0.05) is 11.1 Å². The van der Waals surface area contributed by atoms with Crippen molar-refractivity contribution in [3.05, 3.63) is 71.5 Å². The van der Waals surface area contributed by atoms with Crippen LogP contribution in [0.5, 0.6) is 17.6 Å². The molecule has 1 amide bonds. The molecule has 33 heavy (non-hydrogen) atoms. The van der Waals surface area contributed by atoms with Gasteiger partial charge in [0.1, 0.15) is 22.8 Å². The van der Waals surface area contributed by atoms with Crippen molar-refractivity contribution in [2.45, 2.75) is 13.0 Å². The lowest BCUT2D eigenvalue weighted by molar-refractivity contribution is -0.122. The average Bonchev–Trinajstić information content (AvgIpc) is 3.36. The number of carbonyl (C=O) groups excluding carboxylic acids is 1. The molecule has 5 rings (SSSR count). The predicted octanol–water partition coefficient (Wildman–Crippen LogP) is 6.43. The summed E-state index contributed by atoms with van der Waals surface area (Å²) >= 11 is 7.14. The number of carbonyl (C=O) groups is 1. The third-order valence-electron chi connectivity index (χ3n) is 4.62. The molecule has 0 unspecified atom stereocenters. The number of amides is 1. The number of fused-ring (bicyclic) bond motifs is 2. The highest BCUT2D eigenvalue weighted by Crippen LogP contribution is 2.29. The van der Waals surface area contributed by atoms with Gasteiger partial charge in [-0.3, -0.25) is 10.1 Å². The summed E-state index contributed by atoms with van der Waals surface area (Å²) < 4.78 is 30.9. The highest BCUT2D eigenvalue weighted by molar-refractivity contribution is 7.22. The van der Waals surface area contributed by atoms with Crippen LogP contribution in [-0.4, -0.2) is 22.0 Å². The van der Waals surface area contributed by atoms with Crippen molar-refractivity contribution in [1.82, 2.24) is 9.97 Å². The van der Waals surface area contributed by atoms with Gasteiger partial charge in [0.15, 0.2) is 16.8 Å². The standard InChI is InChI=1S/C23H15ClFN3O4S/c1-12(21(29)28-22-26-18-9-3-14(25)11-20(18)33-22)30-15-4-6-16(7-5-15)31-23-27-17-8-2-13(24)10-19(17)32-23/h2-12H,1H3,(H,26,28,29)/t12-/m1/s1. The van der Waals surface area contributed by atoms with Gasteiger partial charge in [-0.2, -0.15) is 4.98 Å². The second-order valence-corrected chi connectivity index (χ2v) is 8.51. The molecule has 0 aliphatic rings. The maximum atomic E-state index is 13.3. The zero-order chi connectivity index (χ0) is 22.9. The number of nitrogens with zero attached hydrogens (tertiary/aromatic N) is 2. The zero-order valence-electron chi connectivity index (χ0n) is 17.0. The number of anilines is 1. The van der Waals surface area contributed by atoms with Gasteiger partial charge in [-0.05, 0) is 61.5 Å². The van der Waals surface area contributed by atoms with Crippen molar-refractivity contribution in [2.75, 3.05) is 5.32 Å². The number of ether oxygens (including phenoxy) is 2. The van der Waals surface area contributed by atoms with Crippen molar-refractivity contribution in [3.8, 4) is 17.6 Å². The molecule has 10 heteroatoms. The van der Waals surface area contributed by atoms with Crippen LogP contribution in [0.1, 0.15) is 6.92 Å². The number of nitrogens with one attached hydrogen (secondary N) is 1. The Morgan fingerprint density at radius 1 is 1.06 bits per heavy atom. The van der Waals surface area contributed by atoms with E-state index in [2.05, 4.69) is 15.3 Å². The third kappa shape index (κ3) is 4.74. The molecule has 0 radical (unpaired) electrons. The van der Waals surface area contributed by atoms with E-state index in [-0.39, 0.29) is 17.8 Å². The van der Waals surface area contributed by atoms with E-state index in [1.54, 1.807) is 55.5 Å². The molecule has 7 nitrogen and oxygen atoms in total. The van der Waals surface area contributed by atoms with E-state index >= 15 is 0 Å². The topological polar surface area (TPSA) is 86.5 Å². The van der Waals surface area contributed by atoms with E-state index in [4.69, 9.17) is 25.5 Å². The van der Waals surface area contributed by atoms with Gasteiger partial charge in [0.25, 0.3) is 5.91 Å². The lowest BCUT2D eigenvalue weighted by Crippen LogP contribution is -2.30. The highest BCUT2D eigenvalue weighted by atomic mass is 35.5. The average molecular weight is 484 g/mol. The lowest BCUT2D eigenvalue weighted by Gasteiger charge is -2.13. The molecule has 0 saturated heterocycles. The SMILES string of the molecule is C[C@@H](Oc1ccc(Oc2nc3ccc(Cl)cc3o2)cc1)C(=O)Nc1nc2ccc(F)cc2s1. The van der Waals surface area contributed by atoms with Gasteiger partial charge in [0.05, 0.1) is 10.2 Å². The molecular weight excluding hydrogens is 469 g/mol. The first kappa shape index (κ1) is 21.2. The Labute approximate surface area is 195 Å². The summed E-state index contributed by atoms with van der Waals surface area (Å²) in [7, 11) is 0. The molecule has 0 fully saturated rings.